The molecule has 0 aromatic heterocycles. The van der Waals surface area contributed by atoms with Crippen LogP contribution in [0.3, 0.4) is 0 Å². The molecule has 0 bridgehead atoms. The van der Waals surface area contributed by atoms with Crippen molar-refractivity contribution in [2.24, 2.45) is 0 Å². The van der Waals surface area contributed by atoms with E-state index < -0.39 is 35.7 Å². The van der Waals surface area contributed by atoms with Gasteiger partial charge in [-0.05, 0) is 25.0 Å². The van der Waals surface area contributed by atoms with Gasteiger partial charge in [0.25, 0.3) is 5.60 Å². The van der Waals surface area contributed by atoms with Crippen LogP contribution in [-0.4, -0.2) is 72.4 Å². The van der Waals surface area contributed by atoms with E-state index in [1.165, 1.54) is 0 Å². The molecule has 0 saturated heterocycles. The van der Waals surface area contributed by atoms with Crippen molar-refractivity contribution in [3.63, 3.8) is 0 Å². The van der Waals surface area contributed by atoms with Crippen LogP contribution in [0.15, 0.2) is 50.6 Å². The molecule has 162 valence electrons. The van der Waals surface area contributed by atoms with Crippen LogP contribution in [0.4, 0.5) is 0 Å². The minimum Gasteiger partial charge on any atom is -0.460 e. The molecule has 0 spiro atoms. The number of carbonyl (C=O) groups is 4. The van der Waals surface area contributed by atoms with Gasteiger partial charge in [-0.3, -0.25) is 9.59 Å². The molecule has 0 unspecified atom stereocenters. The number of rotatable bonds is 15. The van der Waals surface area contributed by atoms with Crippen molar-refractivity contribution >= 4 is 23.5 Å². The number of carbonyl (C=O) groups excluding carboxylic acids is 4. The Labute approximate surface area is 169 Å². The maximum Gasteiger partial charge on any atom is 0.331 e. The molecule has 29 heavy (non-hydrogen) atoms. The van der Waals surface area contributed by atoms with Gasteiger partial charge < -0.3 is 24.4 Å². The number of ketones is 2. The molecule has 0 aliphatic rings. The van der Waals surface area contributed by atoms with Crippen molar-refractivity contribution in [3.05, 3.63) is 50.6 Å². The van der Waals surface area contributed by atoms with Crippen molar-refractivity contribution in [3.8, 4) is 0 Å². The summed E-state index contributed by atoms with van der Waals surface area (Å²) in [7, 11) is 0. The molecule has 0 aliphatic carbocycles. The maximum atomic E-state index is 12.0. The lowest BCUT2D eigenvalue weighted by Crippen LogP contribution is -2.52. The van der Waals surface area contributed by atoms with Gasteiger partial charge in [-0.2, -0.15) is 0 Å². The normalized spacial score (nSPS) is 9.86. The number of unbranched alkanes of at least 4 members (excludes halogenated alkanes) is 1. The third-order valence-electron chi connectivity index (χ3n) is 3.12. The number of ether oxygens (including phenoxy) is 3. The first-order chi connectivity index (χ1) is 13.8. The average molecular weight is 412 g/mol. The zero-order valence-electron chi connectivity index (χ0n) is 16.3. The second kappa shape index (κ2) is 17.2. The van der Waals surface area contributed by atoms with E-state index in [-0.39, 0.29) is 26.4 Å². The van der Waals surface area contributed by atoms with Crippen LogP contribution in [0.2, 0.25) is 0 Å². The van der Waals surface area contributed by atoms with Crippen molar-refractivity contribution < 1.29 is 43.6 Å². The largest absolute Gasteiger partial charge is 0.460 e. The van der Waals surface area contributed by atoms with E-state index in [1.54, 1.807) is 0 Å². The Morgan fingerprint density at radius 3 is 1.62 bits per heavy atom. The summed E-state index contributed by atoms with van der Waals surface area (Å²) in [5.74, 6) is -3.39. The average Bonchev–Trinajstić information content (AvgIpc) is 2.75. The Kier molecular flexibility index (Phi) is 16.8. The monoisotopic (exact) mass is 412 g/mol. The van der Waals surface area contributed by atoms with Gasteiger partial charge in [-0.25, -0.2) is 9.59 Å². The summed E-state index contributed by atoms with van der Waals surface area (Å²) in [5.41, 5.74) is -2.24. The van der Waals surface area contributed by atoms with Gasteiger partial charge in [0.1, 0.15) is 13.2 Å². The van der Waals surface area contributed by atoms with Crippen molar-refractivity contribution in [1.82, 2.24) is 0 Å². The molecule has 9 heteroatoms. The van der Waals surface area contributed by atoms with Gasteiger partial charge in [0.15, 0.2) is 0 Å². The smallest absolute Gasteiger partial charge is 0.331 e. The zero-order chi connectivity index (χ0) is 22.7. The van der Waals surface area contributed by atoms with E-state index >= 15 is 0 Å². The number of hydrogen-bond donors (Lipinski definition) is 2. The van der Waals surface area contributed by atoms with Crippen LogP contribution in [0.5, 0.6) is 0 Å². The first-order valence-electron chi connectivity index (χ1n) is 8.57. The summed E-state index contributed by atoms with van der Waals surface area (Å²) in [5, 5.41) is 16.2. The summed E-state index contributed by atoms with van der Waals surface area (Å²) < 4.78 is 14.7. The molecule has 2 N–H and O–H groups in total. The molecule has 0 heterocycles. The Bertz CT molecular complexity index is 569. The van der Waals surface area contributed by atoms with E-state index in [4.69, 9.17) is 19.7 Å². The van der Waals surface area contributed by atoms with Gasteiger partial charge in [0.05, 0.1) is 6.61 Å². The van der Waals surface area contributed by atoms with Crippen LogP contribution in [0, 0.1) is 0 Å². The van der Waals surface area contributed by atoms with E-state index in [0.29, 0.717) is 0 Å². The first-order valence-corrected chi connectivity index (χ1v) is 8.57. The Morgan fingerprint density at radius 1 is 0.759 bits per heavy atom. The highest BCUT2D eigenvalue weighted by molar-refractivity contribution is 6.19. The molecule has 0 aromatic rings. The minimum absolute atomic E-state index is 0.137. The van der Waals surface area contributed by atoms with Crippen molar-refractivity contribution in [2.75, 3.05) is 33.0 Å². The van der Waals surface area contributed by atoms with Gasteiger partial charge in [0.2, 0.25) is 11.6 Å². The fraction of sp³-hybridized carbons (Fsp3) is 0.400. The first kappa shape index (κ1) is 28.3. The number of aliphatic hydroxyl groups excluding tert-OH is 2. The number of aliphatic hydroxyl groups is 2. The highest BCUT2D eigenvalue weighted by Gasteiger charge is 2.46. The minimum atomic E-state index is -2.24. The fourth-order valence-corrected chi connectivity index (χ4v) is 1.64. The van der Waals surface area contributed by atoms with Crippen LogP contribution in [0.25, 0.3) is 0 Å². The van der Waals surface area contributed by atoms with Crippen LogP contribution in [0.1, 0.15) is 12.8 Å². The Balaban J connectivity index is 0. The molecule has 0 saturated carbocycles. The second-order valence-electron chi connectivity index (χ2n) is 5.17. The van der Waals surface area contributed by atoms with E-state index in [9.17, 15) is 19.2 Å². The van der Waals surface area contributed by atoms with Gasteiger partial charge in [-0.15, -0.1) is 0 Å². The highest BCUT2D eigenvalue weighted by atomic mass is 16.6. The SMILES string of the molecule is C=CC(=O)OCCOCC(OC(=O)C=C)(C(=O)C=C)C(=O)C=C.OCCCCO. The third kappa shape index (κ3) is 11.5. The van der Waals surface area contributed by atoms with Crippen LogP contribution < -0.4 is 0 Å². The lowest BCUT2D eigenvalue weighted by Gasteiger charge is -2.27. The van der Waals surface area contributed by atoms with E-state index in [1.807, 2.05) is 0 Å². The summed E-state index contributed by atoms with van der Waals surface area (Å²) >= 11 is 0. The molecule has 0 radical (unpaired) electrons. The molecular formula is C20H28O9. The Morgan fingerprint density at radius 2 is 1.24 bits per heavy atom. The quantitative estimate of drug-likeness (QED) is 0.170. The number of esters is 2. The molecule has 0 atom stereocenters. The summed E-state index contributed by atoms with van der Waals surface area (Å²) in [6.45, 7) is 12.5. The molecule has 9 nitrogen and oxygen atoms in total. The van der Waals surface area contributed by atoms with Gasteiger partial charge >= 0.3 is 11.9 Å². The number of hydrogen-bond acceptors (Lipinski definition) is 9. The van der Waals surface area contributed by atoms with Gasteiger partial charge in [0, 0.05) is 25.4 Å². The van der Waals surface area contributed by atoms with E-state index in [0.717, 1.165) is 37.1 Å². The molecule has 0 aliphatic heterocycles. The molecule has 0 amide bonds. The predicted octanol–water partition coefficient (Wildman–Crippen LogP) is 0.462. The topological polar surface area (TPSA) is 136 Å². The molecule has 0 aromatic carbocycles. The molecular weight excluding hydrogens is 384 g/mol. The van der Waals surface area contributed by atoms with Crippen molar-refractivity contribution in [2.45, 2.75) is 18.4 Å². The molecule has 0 rings (SSSR count). The summed E-state index contributed by atoms with van der Waals surface area (Å²) in [6, 6.07) is 0. The highest BCUT2D eigenvalue weighted by Crippen LogP contribution is 2.18. The van der Waals surface area contributed by atoms with Gasteiger partial charge in [-0.1, -0.05) is 26.3 Å². The van der Waals surface area contributed by atoms with Crippen LogP contribution >= 0.6 is 0 Å². The third-order valence-corrected chi connectivity index (χ3v) is 3.12. The molecule has 0 fully saturated rings. The van der Waals surface area contributed by atoms with Crippen LogP contribution in [-0.2, 0) is 33.4 Å². The summed E-state index contributed by atoms with van der Waals surface area (Å²) in [6.07, 6.45) is 4.87. The fourth-order valence-electron chi connectivity index (χ4n) is 1.64. The Hall–Kier alpha value is -2.88. The zero-order valence-corrected chi connectivity index (χ0v) is 16.3. The standard InChI is InChI=1S/C16H18O7.C4H10O2/c1-5-12(17)16(13(18)6-2,23-15(20)8-4)11-21-9-10-22-14(19)7-3;5-3-1-2-4-6/h5-8H,1-4,9-11H2;5-6H,1-4H2. The maximum absolute atomic E-state index is 12.0. The second-order valence-corrected chi connectivity index (χ2v) is 5.17. The van der Waals surface area contributed by atoms with Crippen molar-refractivity contribution in [1.29, 1.82) is 0 Å². The summed E-state index contributed by atoms with van der Waals surface area (Å²) in [4.78, 5) is 46.3. The predicted molar refractivity (Wildman–Crippen MR) is 105 cm³/mol. The lowest BCUT2D eigenvalue weighted by molar-refractivity contribution is -0.173. The lowest BCUT2D eigenvalue weighted by atomic mass is 9.93. The van der Waals surface area contributed by atoms with E-state index in [2.05, 4.69) is 31.1 Å².